The summed E-state index contributed by atoms with van der Waals surface area (Å²) in [6.45, 7) is 3.24. The first kappa shape index (κ1) is 13.6. The zero-order valence-corrected chi connectivity index (χ0v) is 10.8. The molecule has 0 aliphatic carbocycles. The Hall–Kier alpha value is -2.84. The third-order valence-electron chi connectivity index (χ3n) is 2.76. The molecular formula is C11H12N6O3. The van der Waals surface area contributed by atoms with Gasteiger partial charge in [0.05, 0.1) is 11.0 Å². The van der Waals surface area contributed by atoms with E-state index in [9.17, 15) is 14.9 Å². The van der Waals surface area contributed by atoms with Gasteiger partial charge in [0.2, 0.25) is 0 Å². The molecule has 0 aliphatic rings. The van der Waals surface area contributed by atoms with Crippen LogP contribution in [0.3, 0.4) is 0 Å². The van der Waals surface area contributed by atoms with Crippen molar-refractivity contribution >= 4 is 11.6 Å². The second kappa shape index (κ2) is 5.43. The van der Waals surface area contributed by atoms with Crippen LogP contribution in [-0.4, -0.2) is 31.5 Å². The van der Waals surface area contributed by atoms with Crippen LogP contribution in [0.1, 0.15) is 34.7 Å². The van der Waals surface area contributed by atoms with Gasteiger partial charge in [-0.05, 0) is 19.9 Å². The highest BCUT2D eigenvalue weighted by Gasteiger charge is 2.24. The molecule has 9 nitrogen and oxygen atoms in total. The molecule has 104 valence electrons. The van der Waals surface area contributed by atoms with E-state index in [0.717, 1.165) is 0 Å². The van der Waals surface area contributed by atoms with Crippen LogP contribution < -0.4 is 5.32 Å². The van der Waals surface area contributed by atoms with E-state index in [0.29, 0.717) is 11.4 Å². The predicted molar refractivity (Wildman–Crippen MR) is 67.9 cm³/mol. The summed E-state index contributed by atoms with van der Waals surface area (Å²) in [7, 11) is 0. The normalized spacial score (nSPS) is 11.9. The number of carbonyl (C=O) groups excluding carboxylic acids is 1. The number of hydrogen-bond acceptors (Lipinski definition) is 6. The topological polar surface area (TPSA) is 127 Å². The molecule has 1 aromatic carbocycles. The molecule has 2 aromatic rings. The quantitative estimate of drug-likeness (QED) is 0.631. The van der Waals surface area contributed by atoms with Gasteiger partial charge in [0.1, 0.15) is 5.56 Å². The molecule has 0 saturated heterocycles. The largest absolute Gasteiger partial charge is 0.342 e. The molecule has 1 unspecified atom stereocenters. The number of aromatic amines is 1. The highest BCUT2D eigenvalue weighted by molar-refractivity contribution is 5.98. The van der Waals surface area contributed by atoms with Crippen LogP contribution in [-0.2, 0) is 0 Å². The first-order valence-corrected chi connectivity index (χ1v) is 5.79. The van der Waals surface area contributed by atoms with E-state index in [1.54, 1.807) is 26.0 Å². The molecule has 1 aromatic heterocycles. The summed E-state index contributed by atoms with van der Waals surface area (Å²) in [6.07, 6.45) is 0. The third-order valence-corrected chi connectivity index (χ3v) is 2.76. The number of para-hydroxylation sites is 1. The van der Waals surface area contributed by atoms with Crippen LogP contribution in [0, 0.1) is 17.0 Å². The second-order valence-electron chi connectivity index (χ2n) is 4.19. The number of tetrazole rings is 1. The van der Waals surface area contributed by atoms with Crippen molar-refractivity contribution in [2.45, 2.75) is 19.9 Å². The first-order valence-electron chi connectivity index (χ1n) is 5.79. The number of amides is 1. The number of rotatable bonds is 4. The standard InChI is InChI=1S/C11H12N6O3/c1-6-4-3-5-8(9(6)17(19)20)11(18)12-7(2)10-13-15-16-14-10/h3-5,7H,1-2H3,(H,12,18)(H,13,14,15,16). The predicted octanol–water partition coefficient (Wildman–Crippen LogP) is 0.907. The zero-order chi connectivity index (χ0) is 14.7. The fourth-order valence-corrected chi connectivity index (χ4v) is 1.78. The van der Waals surface area contributed by atoms with Gasteiger partial charge >= 0.3 is 0 Å². The molecule has 0 radical (unpaired) electrons. The van der Waals surface area contributed by atoms with E-state index in [1.807, 2.05) is 0 Å². The Kier molecular flexibility index (Phi) is 3.69. The Bertz CT molecular complexity index is 640. The lowest BCUT2D eigenvalue weighted by Crippen LogP contribution is -2.28. The SMILES string of the molecule is Cc1cccc(C(=O)NC(C)c2nn[nH]n2)c1[N+](=O)[O-]. The van der Waals surface area contributed by atoms with Crippen LogP contribution in [0.4, 0.5) is 5.69 Å². The number of nitro groups is 1. The van der Waals surface area contributed by atoms with Crippen molar-refractivity contribution in [3.05, 3.63) is 45.3 Å². The molecule has 0 aliphatic heterocycles. The second-order valence-corrected chi connectivity index (χ2v) is 4.19. The lowest BCUT2D eigenvalue weighted by atomic mass is 10.1. The molecule has 0 fully saturated rings. The molecule has 1 atom stereocenters. The van der Waals surface area contributed by atoms with Crippen molar-refractivity contribution in [3.63, 3.8) is 0 Å². The van der Waals surface area contributed by atoms with E-state index in [-0.39, 0.29) is 11.3 Å². The van der Waals surface area contributed by atoms with Crippen LogP contribution >= 0.6 is 0 Å². The van der Waals surface area contributed by atoms with Crippen molar-refractivity contribution < 1.29 is 9.72 Å². The molecule has 0 bridgehead atoms. The maximum atomic E-state index is 12.1. The Labute approximate surface area is 113 Å². The van der Waals surface area contributed by atoms with Gasteiger partial charge in [-0.25, -0.2) is 0 Å². The molecular weight excluding hydrogens is 264 g/mol. The molecule has 0 spiro atoms. The minimum absolute atomic E-state index is 0.00495. The summed E-state index contributed by atoms with van der Waals surface area (Å²) < 4.78 is 0. The lowest BCUT2D eigenvalue weighted by molar-refractivity contribution is -0.385. The molecule has 2 N–H and O–H groups in total. The maximum Gasteiger partial charge on any atom is 0.285 e. The monoisotopic (exact) mass is 276 g/mol. The van der Waals surface area contributed by atoms with Gasteiger partial charge in [-0.15, -0.1) is 10.2 Å². The van der Waals surface area contributed by atoms with E-state index >= 15 is 0 Å². The summed E-state index contributed by atoms with van der Waals surface area (Å²) >= 11 is 0. The van der Waals surface area contributed by atoms with Crippen molar-refractivity contribution in [1.29, 1.82) is 0 Å². The molecule has 20 heavy (non-hydrogen) atoms. The molecule has 2 rings (SSSR count). The molecule has 1 amide bonds. The summed E-state index contributed by atoms with van der Waals surface area (Å²) in [5.74, 6) is -0.258. The lowest BCUT2D eigenvalue weighted by Gasteiger charge is -2.10. The molecule has 9 heteroatoms. The highest BCUT2D eigenvalue weighted by atomic mass is 16.6. The van der Waals surface area contributed by atoms with Crippen LogP contribution in [0.2, 0.25) is 0 Å². The van der Waals surface area contributed by atoms with Gasteiger partial charge in [-0.3, -0.25) is 14.9 Å². The smallest absolute Gasteiger partial charge is 0.285 e. The minimum atomic E-state index is -0.566. The fraction of sp³-hybridized carbons (Fsp3) is 0.273. The molecule has 1 heterocycles. The minimum Gasteiger partial charge on any atom is -0.342 e. The van der Waals surface area contributed by atoms with Gasteiger partial charge < -0.3 is 5.32 Å². The first-order chi connectivity index (χ1) is 9.50. The third kappa shape index (κ3) is 2.60. The molecule has 0 saturated carbocycles. The summed E-state index contributed by atoms with van der Waals surface area (Å²) in [5.41, 5.74) is 0.227. The van der Waals surface area contributed by atoms with Crippen molar-refractivity contribution in [3.8, 4) is 0 Å². The number of nitrogens with one attached hydrogen (secondary N) is 2. The van der Waals surface area contributed by atoms with Crippen molar-refractivity contribution in [1.82, 2.24) is 25.9 Å². The average molecular weight is 276 g/mol. The van der Waals surface area contributed by atoms with Crippen molar-refractivity contribution in [2.75, 3.05) is 0 Å². The van der Waals surface area contributed by atoms with Crippen LogP contribution in [0.25, 0.3) is 0 Å². The van der Waals surface area contributed by atoms with E-state index in [4.69, 9.17) is 0 Å². The van der Waals surface area contributed by atoms with E-state index in [2.05, 4.69) is 25.9 Å². The van der Waals surface area contributed by atoms with Gasteiger partial charge in [0.15, 0.2) is 5.82 Å². The van der Waals surface area contributed by atoms with Gasteiger partial charge in [-0.1, -0.05) is 17.3 Å². The number of aryl methyl sites for hydroxylation is 1. The Balaban J connectivity index is 2.26. The number of carbonyl (C=O) groups is 1. The highest BCUT2D eigenvalue weighted by Crippen LogP contribution is 2.23. The number of hydrogen-bond donors (Lipinski definition) is 2. The Morgan fingerprint density at radius 2 is 2.25 bits per heavy atom. The van der Waals surface area contributed by atoms with Crippen LogP contribution in [0.5, 0.6) is 0 Å². The number of nitro benzene ring substituents is 1. The number of nitrogens with zero attached hydrogens (tertiary/aromatic N) is 4. The van der Waals surface area contributed by atoms with Gasteiger partial charge in [-0.2, -0.15) is 5.21 Å². The Morgan fingerprint density at radius 3 is 2.85 bits per heavy atom. The summed E-state index contributed by atoms with van der Waals surface area (Å²) in [5, 5.41) is 26.8. The van der Waals surface area contributed by atoms with Gasteiger partial charge in [0.25, 0.3) is 11.6 Å². The van der Waals surface area contributed by atoms with Crippen molar-refractivity contribution in [2.24, 2.45) is 0 Å². The summed E-state index contributed by atoms with van der Waals surface area (Å²) in [6, 6.07) is 4.07. The van der Waals surface area contributed by atoms with E-state index in [1.165, 1.54) is 6.07 Å². The Morgan fingerprint density at radius 1 is 1.50 bits per heavy atom. The van der Waals surface area contributed by atoms with Gasteiger partial charge in [0, 0.05) is 5.56 Å². The zero-order valence-electron chi connectivity index (χ0n) is 10.8. The fourth-order valence-electron chi connectivity index (χ4n) is 1.78. The number of aromatic nitrogens is 4. The van der Waals surface area contributed by atoms with E-state index < -0.39 is 16.9 Å². The summed E-state index contributed by atoms with van der Waals surface area (Å²) in [4.78, 5) is 22.6. The maximum absolute atomic E-state index is 12.1. The van der Waals surface area contributed by atoms with Crippen LogP contribution in [0.15, 0.2) is 18.2 Å². The number of H-pyrrole nitrogens is 1. The average Bonchev–Trinajstić information content (AvgIpc) is 2.91. The number of benzene rings is 1.